The largest absolute Gasteiger partial charge is 0.507 e. The van der Waals surface area contributed by atoms with E-state index in [-0.39, 0.29) is 31.0 Å². The van der Waals surface area contributed by atoms with E-state index in [0.29, 0.717) is 22.3 Å². The second-order valence-electron chi connectivity index (χ2n) is 5.94. The maximum atomic E-state index is 12.4. The normalized spacial score (nSPS) is 12.0. The molecule has 6 heteroatoms. The van der Waals surface area contributed by atoms with E-state index in [4.69, 9.17) is 5.11 Å². The first-order valence-electron chi connectivity index (χ1n) is 7.79. The lowest BCUT2D eigenvalue weighted by Crippen LogP contribution is -2.24. The molecule has 0 amide bonds. The van der Waals surface area contributed by atoms with E-state index < -0.39 is 12.9 Å². The number of phenols is 1. The fourth-order valence-corrected chi connectivity index (χ4v) is 2.60. The summed E-state index contributed by atoms with van der Waals surface area (Å²) >= 11 is 0. The molecule has 0 aliphatic rings. The molecule has 0 bridgehead atoms. The number of phenolic OH excluding ortho intramolecular Hbond substituents is 1. The van der Waals surface area contributed by atoms with Crippen LogP contribution in [0.5, 0.6) is 5.75 Å². The molecule has 0 aromatic heterocycles. The third kappa shape index (κ3) is 4.44. The molecule has 0 saturated heterocycles. The van der Waals surface area contributed by atoms with Gasteiger partial charge in [-0.25, -0.2) is 0 Å². The van der Waals surface area contributed by atoms with Gasteiger partial charge >= 0.3 is 7.12 Å². The number of hydrogen-bond acceptors (Lipinski definition) is 5. The number of ketones is 1. The van der Waals surface area contributed by atoms with Crippen molar-refractivity contribution in [3.63, 3.8) is 0 Å². The molecule has 24 heavy (non-hydrogen) atoms. The molecule has 0 radical (unpaired) electrons. The summed E-state index contributed by atoms with van der Waals surface area (Å²) in [5, 5.41) is 38.3. The number of Topliss-reactive ketones (excluding diaryl/α,β-unsaturated/α-hetero) is 1. The highest BCUT2D eigenvalue weighted by atomic mass is 16.4. The molecular weight excluding hydrogens is 307 g/mol. The van der Waals surface area contributed by atoms with E-state index in [1.165, 1.54) is 0 Å². The lowest BCUT2D eigenvalue weighted by molar-refractivity contribution is 0.0975. The second-order valence-corrected chi connectivity index (χ2v) is 5.94. The van der Waals surface area contributed by atoms with Gasteiger partial charge in [-0.05, 0) is 30.0 Å². The van der Waals surface area contributed by atoms with Crippen LogP contribution in [-0.4, -0.2) is 33.2 Å². The Bertz CT molecular complexity index is 697. The standard InChI is InChI=1S/C18H21BO5/c1-12-3-2-4-15(18(12)22)9-16(19(23)24)10-17(21)14-7-5-13(11-20)6-8-14/h2-8,16,20,22-24H,9-11H2,1H3. The molecule has 0 aliphatic heterocycles. The minimum absolute atomic E-state index is 0.0521. The summed E-state index contributed by atoms with van der Waals surface area (Å²) in [4.78, 5) is 12.4. The summed E-state index contributed by atoms with van der Waals surface area (Å²) in [6, 6.07) is 11.8. The third-order valence-electron chi connectivity index (χ3n) is 4.13. The van der Waals surface area contributed by atoms with Gasteiger partial charge in [-0.3, -0.25) is 4.79 Å². The fourth-order valence-electron chi connectivity index (χ4n) is 2.60. The molecule has 2 aromatic rings. The predicted octanol–water partition coefficient (Wildman–Crippen LogP) is 1.85. The molecule has 5 nitrogen and oxygen atoms in total. The number of rotatable bonds is 7. The molecule has 0 heterocycles. The zero-order valence-electron chi connectivity index (χ0n) is 13.5. The van der Waals surface area contributed by atoms with Gasteiger partial charge in [-0.1, -0.05) is 42.5 Å². The van der Waals surface area contributed by atoms with Crippen LogP contribution in [0, 0.1) is 6.92 Å². The van der Waals surface area contributed by atoms with Crippen molar-refractivity contribution in [3.05, 3.63) is 64.7 Å². The highest BCUT2D eigenvalue weighted by molar-refractivity contribution is 6.43. The van der Waals surface area contributed by atoms with E-state index in [2.05, 4.69) is 0 Å². The molecule has 126 valence electrons. The lowest BCUT2D eigenvalue weighted by Gasteiger charge is -2.17. The molecule has 4 N–H and O–H groups in total. The number of aliphatic hydroxyl groups is 1. The molecular formula is C18H21BO5. The molecule has 1 unspecified atom stereocenters. The maximum Gasteiger partial charge on any atom is 0.455 e. The van der Waals surface area contributed by atoms with Gasteiger partial charge in [0.15, 0.2) is 5.78 Å². The minimum Gasteiger partial charge on any atom is -0.507 e. The van der Waals surface area contributed by atoms with Crippen molar-refractivity contribution < 1.29 is 25.1 Å². The lowest BCUT2D eigenvalue weighted by atomic mass is 9.66. The number of aromatic hydroxyl groups is 1. The molecule has 1 atom stereocenters. The Morgan fingerprint density at radius 2 is 1.79 bits per heavy atom. The van der Waals surface area contributed by atoms with Gasteiger partial charge < -0.3 is 20.3 Å². The van der Waals surface area contributed by atoms with Gasteiger partial charge in [-0.2, -0.15) is 0 Å². The average Bonchev–Trinajstić information content (AvgIpc) is 2.58. The van der Waals surface area contributed by atoms with Gasteiger partial charge in [0.05, 0.1) is 6.61 Å². The van der Waals surface area contributed by atoms with Crippen molar-refractivity contribution in [3.8, 4) is 5.75 Å². The summed E-state index contributed by atoms with van der Waals surface area (Å²) < 4.78 is 0. The van der Waals surface area contributed by atoms with Crippen LogP contribution in [0.25, 0.3) is 0 Å². The van der Waals surface area contributed by atoms with Crippen LogP contribution < -0.4 is 0 Å². The van der Waals surface area contributed by atoms with Gasteiger partial charge in [0.25, 0.3) is 0 Å². The van der Waals surface area contributed by atoms with Crippen molar-refractivity contribution in [1.82, 2.24) is 0 Å². The van der Waals surface area contributed by atoms with Crippen LogP contribution >= 0.6 is 0 Å². The Morgan fingerprint density at radius 3 is 2.38 bits per heavy atom. The smallest absolute Gasteiger partial charge is 0.455 e. The average molecular weight is 328 g/mol. The van der Waals surface area contributed by atoms with Crippen molar-refractivity contribution >= 4 is 12.9 Å². The number of carbonyl (C=O) groups is 1. The van der Waals surface area contributed by atoms with Crippen LogP contribution in [0.15, 0.2) is 42.5 Å². The first kappa shape index (κ1) is 18.2. The third-order valence-corrected chi connectivity index (χ3v) is 4.13. The highest BCUT2D eigenvalue weighted by Crippen LogP contribution is 2.29. The van der Waals surface area contributed by atoms with E-state index >= 15 is 0 Å². The Hall–Kier alpha value is -2.15. The number of aliphatic hydroxyl groups excluding tert-OH is 1. The van der Waals surface area contributed by atoms with Crippen molar-refractivity contribution in [2.24, 2.45) is 0 Å². The minimum atomic E-state index is -1.66. The zero-order valence-corrected chi connectivity index (χ0v) is 13.5. The first-order chi connectivity index (χ1) is 11.4. The molecule has 0 fully saturated rings. The second kappa shape index (κ2) is 8.10. The zero-order chi connectivity index (χ0) is 17.7. The van der Waals surface area contributed by atoms with Crippen molar-refractivity contribution in [2.75, 3.05) is 0 Å². The fraction of sp³-hybridized carbons (Fsp3) is 0.278. The van der Waals surface area contributed by atoms with E-state index in [9.17, 15) is 19.9 Å². The van der Waals surface area contributed by atoms with Crippen LogP contribution in [0.2, 0.25) is 5.82 Å². The monoisotopic (exact) mass is 328 g/mol. The van der Waals surface area contributed by atoms with Crippen LogP contribution in [0.1, 0.15) is 33.5 Å². The Kier molecular flexibility index (Phi) is 6.14. The summed E-state index contributed by atoms with van der Waals surface area (Å²) in [5.74, 6) is -0.824. The van der Waals surface area contributed by atoms with Gasteiger partial charge in [0.1, 0.15) is 5.75 Å². The topological polar surface area (TPSA) is 98.0 Å². The van der Waals surface area contributed by atoms with E-state index in [1.807, 2.05) is 0 Å². The Labute approximate surface area is 141 Å². The molecule has 2 aromatic carbocycles. The summed E-state index contributed by atoms with van der Waals surface area (Å²) in [6.07, 6.45) is 0.134. The quantitative estimate of drug-likeness (QED) is 0.459. The van der Waals surface area contributed by atoms with Crippen LogP contribution in [-0.2, 0) is 13.0 Å². The molecule has 0 saturated carbocycles. The van der Waals surface area contributed by atoms with Crippen molar-refractivity contribution in [1.29, 1.82) is 0 Å². The number of carbonyl (C=O) groups excluding carboxylic acids is 1. The summed E-state index contributed by atoms with van der Waals surface area (Å²) in [6.45, 7) is 1.66. The molecule has 2 rings (SSSR count). The molecule has 0 aliphatic carbocycles. The van der Waals surface area contributed by atoms with E-state index in [0.717, 1.165) is 0 Å². The van der Waals surface area contributed by atoms with Crippen LogP contribution in [0.3, 0.4) is 0 Å². The summed E-state index contributed by atoms with van der Waals surface area (Å²) in [5.41, 5.74) is 2.43. The van der Waals surface area contributed by atoms with Crippen molar-refractivity contribution in [2.45, 2.75) is 32.2 Å². The highest BCUT2D eigenvalue weighted by Gasteiger charge is 2.27. The SMILES string of the molecule is Cc1cccc(CC(CC(=O)c2ccc(CO)cc2)B(O)O)c1O. The number of aryl methyl sites for hydroxylation is 1. The predicted molar refractivity (Wildman–Crippen MR) is 91.8 cm³/mol. The van der Waals surface area contributed by atoms with E-state index in [1.54, 1.807) is 49.4 Å². The number of hydrogen-bond donors (Lipinski definition) is 4. The Morgan fingerprint density at radius 1 is 1.12 bits per heavy atom. The number of benzene rings is 2. The van der Waals surface area contributed by atoms with Crippen LogP contribution in [0.4, 0.5) is 0 Å². The molecule has 0 spiro atoms. The van der Waals surface area contributed by atoms with Gasteiger partial charge in [-0.15, -0.1) is 0 Å². The van der Waals surface area contributed by atoms with Gasteiger partial charge in [0.2, 0.25) is 0 Å². The number of para-hydroxylation sites is 1. The maximum absolute atomic E-state index is 12.4. The van der Waals surface area contributed by atoms with Gasteiger partial charge in [0, 0.05) is 17.8 Å². The summed E-state index contributed by atoms with van der Waals surface area (Å²) in [7, 11) is -1.66. The Balaban J connectivity index is 2.12. The first-order valence-corrected chi connectivity index (χ1v) is 7.79.